The van der Waals surface area contributed by atoms with Crippen molar-refractivity contribution in [1.82, 2.24) is 4.90 Å². The van der Waals surface area contributed by atoms with E-state index in [0.29, 0.717) is 42.6 Å². The summed E-state index contributed by atoms with van der Waals surface area (Å²) in [5.74, 6) is 0.194. The topological polar surface area (TPSA) is 49.8 Å². The lowest BCUT2D eigenvalue weighted by atomic mass is 10.2. The van der Waals surface area contributed by atoms with Crippen LogP contribution in [0, 0.1) is 0 Å². The van der Waals surface area contributed by atoms with Crippen LogP contribution in [0.25, 0.3) is 6.08 Å². The molecule has 1 saturated heterocycles. The fraction of sp³-hybridized carbons (Fsp3) is 0.200. The maximum atomic E-state index is 12.4. The zero-order valence-corrected chi connectivity index (χ0v) is 16.9. The molecule has 23 heavy (non-hydrogen) atoms. The SMILES string of the molecule is C=CCN1C(=O)/C(=C\c2cc(OCC)c(O)c(Br)c2Br)SC1=S. The molecule has 1 amide bonds. The number of hydrogen-bond donors (Lipinski definition) is 1. The summed E-state index contributed by atoms with van der Waals surface area (Å²) < 4.78 is 7.01. The third kappa shape index (κ3) is 3.81. The second-order valence-corrected chi connectivity index (χ2v) is 7.72. The van der Waals surface area contributed by atoms with Crippen molar-refractivity contribution in [1.29, 1.82) is 0 Å². The molecule has 1 aliphatic heterocycles. The van der Waals surface area contributed by atoms with Crippen molar-refractivity contribution in [3.8, 4) is 11.5 Å². The van der Waals surface area contributed by atoms with Gasteiger partial charge in [-0.2, -0.15) is 0 Å². The number of rotatable bonds is 5. The molecule has 0 atom stereocenters. The van der Waals surface area contributed by atoms with Crippen molar-refractivity contribution in [2.24, 2.45) is 0 Å². The van der Waals surface area contributed by atoms with Gasteiger partial charge in [-0.05, 0) is 56.5 Å². The standard InChI is InChI=1S/C15H13Br2NO3S2/c1-3-5-18-14(20)10(23-15(18)22)7-8-6-9(21-4-2)13(19)12(17)11(8)16/h3,6-7,19H,1,4-5H2,2H3/b10-7+. The number of thiocarbonyl (C=S) groups is 1. The summed E-state index contributed by atoms with van der Waals surface area (Å²) in [6.45, 7) is 6.26. The van der Waals surface area contributed by atoms with Crippen LogP contribution in [-0.2, 0) is 4.79 Å². The van der Waals surface area contributed by atoms with Gasteiger partial charge in [0.1, 0.15) is 4.32 Å². The van der Waals surface area contributed by atoms with E-state index in [1.807, 2.05) is 6.92 Å². The zero-order valence-electron chi connectivity index (χ0n) is 12.1. The fourth-order valence-corrected chi connectivity index (χ4v) is 4.02. The first-order chi connectivity index (χ1) is 10.9. The van der Waals surface area contributed by atoms with E-state index < -0.39 is 0 Å². The smallest absolute Gasteiger partial charge is 0.266 e. The Morgan fingerprint density at radius 1 is 1.48 bits per heavy atom. The molecule has 0 aromatic heterocycles. The lowest BCUT2D eigenvalue weighted by Crippen LogP contribution is -2.27. The molecule has 1 aliphatic rings. The van der Waals surface area contributed by atoms with Crippen LogP contribution < -0.4 is 4.74 Å². The molecule has 4 nitrogen and oxygen atoms in total. The Kier molecular flexibility index (Phi) is 6.30. The number of halogens is 2. The molecular weight excluding hydrogens is 466 g/mol. The molecule has 0 unspecified atom stereocenters. The quantitative estimate of drug-likeness (QED) is 0.377. The predicted molar refractivity (Wildman–Crippen MR) is 105 cm³/mol. The number of carbonyl (C=O) groups is 1. The van der Waals surface area contributed by atoms with E-state index in [-0.39, 0.29) is 11.7 Å². The van der Waals surface area contributed by atoms with Gasteiger partial charge in [-0.3, -0.25) is 9.69 Å². The van der Waals surface area contributed by atoms with Crippen molar-refractivity contribution in [3.63, 3.8) is 0 Å². The molecule has 0 radical (unpaired) electrons. The van der Waals surface area contributed by atoms with Crippen LogP contribution in [0.4, 0.5) is 0 Å². The van der Waals surface area contributed by atoms with Crippen LogP contribution in [0.1, 0.15) is 12.5 Å². The number of hydrogen-bond acceptors (Lipinski definition) is 5. The van der Waals surface area contributed by atoms with Gasteiger partial charge in [-0.15, -0.1) is 6.58 Å². The Morgan fingerprint density at radius 2 is 2.17 bits per heavy atom. The molecule has 1 N–H and O–H groups in total. The first-order valence-electron chi connectivity index (χ1n) is 6.60. The number of phenolic OH excluding ortho intramolecular Hbond substituents is 1. The molecule has 0 spiro atoms. The highest BCUT2D eigenvalue weighted by Crippen LogP contribution is 2.43. The van der Waals surface area contributed by atoms with Crippen molar-refractivity contribution in [2.75, 3.05) is 13.2 Å². The fourth-order valence-electron chi connectivity index (χ4n) is 1.91. The van der Waals surface area contributed by atoms with Gasteiger partial charge in [0.15, 0.2) is 11.5 Å². The number of phenols is 1. The molecule has 0 bridgehead atoms. The van der Waals surface area contributed by atoms with E-state index in [1.54, 1.807) is 18.2 Å². The Balaban J connectivity index is 2.45. The number of amides is 1. The summed E-state index contributed by atoms with van der Waals surface area (Å²) in [7, 11) is 0. The molecular formula is C15H13Br2NO3S2. The van der Waals surface area contributed by atoms with Gasteiger partial charge in [0, 0.05) is 11.0 Å². The molecule has 1 aromatic carbocycles. The molecule has 1 fully saturated rings. The lowest BCUT2D eigenvalue weighted by Gasteiger charge is -2.12. The third-order valence-electron chi connectivity index (χ3n) is 2.95. The number of nitrogens with zero attached hydrogens (tertiary/aromatic N) is 1. The Labute approximate surface area is 160 Å². The first kappa shape index (κ1) is 18.5. The van der Waals surface area contributed by atoms with E-state index in [1.165, 1.54) is 16.7 Å². The number of carbonyl (C=O) groups excluding carboxylic acids is 1. The predicted octanol–water partition coefficient (Wildman–Crippen LogP) is 4.70. The highest BCUT2D eigenvalue weighted by molar-refractivity contribution is 9.13. The van der Waals surface area contributed by atoms with Crippen LogP contribution >= 0.6 is 55.8 Å². The largest absolute Gasteiger partial charge is 0.503 e. The molecule has 0 aliphatic carbocycles. The van der Waals surface area contributed by atoms with Crippen LogP contribution in [-0.4, -0.2) is 33.4 Å². The van der Waals surface area contributed by atoms with Gasteiger partial charge in [-0.25, -0.2) is 0 Å². The number of benzene rings is 1. The minimum absolute atomic E-state index is 0.00933. The van der Waals surface area contributed by atoms with Gasteiger partial charge in [-0.1, -0.05) is 30.1 Å². The summed E-state index contributed by atoms with van der Waals surface area (Å²) in [5.41, 5.74) is 0.706. The lowest BCUT2D eigenvalue weighted by molar-refractivity contribution is -0.121. The normalized spacial score (nSPS) is 16.3. The summed E-state index contributed by atoms with van der Waals surface area (Å²) >= 11 is 13.2. The van der Waals surface area contributed by atoms with Crippen LogP contribution in [0.3, 0.4) is 0 Å². The maximum absolute atomic E-state index is 12.4. The van der Waals surface area contributed by atoms with E-state index in [2.05, 4.69) is 38.4 Å². The summed E-state index contributed by atoms with van der Waals surface area (Å²) in [6.07, 6.45) is 3.35. The Morgan fingerprint density at radius 3 is 2.78 bits per heavy atom. The monoisotopic (exact) mass is 477 g/mol. The number of ether oxygens (including phenoxy) is 1. The average molecular weight is 479 g/mol. The number of aromatic hydroxyl groups is 1. The van der Waals surface area contributed by atoms with Gasteiger partial charge in [0.25, 0.3) is 5.91 Å². The van der Waals surface area contributed by atoms with E-state index in [4.69, 9.17) is 17.0 Å². The summed E-state index contributed by atoms with van der Waals surface area (Å²) in [6, 6.07) is 1.67. The zero-order chi connectivity index (χ0) is 17.1. The molecule has 8 heteroatoms. The van der Waals surface area contributed by atoms with Crippen LogP contribution in [0.5, 0.6) is 11.5 Å². The second kappa shape index (κ2) is 7.83. The Hall–Kier alpha value is -0.830. The maximum Gasteiger partial charge on any atom is 0.266 e. The highest BCUT2D eigenvalue weighted by Gasteiger charge is 2.31. The molecule has 1 aromatic rings. The van der Waals surface area contributed by atoms with Crippen molar-refractivity contribution in [2.45, 2.75) is 6.92 Å². The first-order valence-corrected chi connectivity index (χ1v) is 9.41. The highest BCUT2D eigenvalue weighted by atomic mass is 79.9. The van der Waals surface area contributed by atoms with E-state index >= 15 is 0 Å². The minimum Gasteiger partial charge on any atom is -0.503 e. The third-order valence-corrected chi connectivity index (χ3v) is 6.48. The molecule has 122 valence electrons. The van der Waals surface area contributed by atoms with E-state index in [9.17, 15) is 9.90 Å². The van der Waals surface area contributed by atoms with Crippen LogP contribution in [0.15, 0.2) is 32.6 Å². The Bertz CT molecular complexity index is 719. The summed E-state index contributed by atoms with van der Waals surface area (Å²) in [5, 5.41) is 10.1. The second-order valence-electron chi connectivity index (χ2n) is 4.45. The van der Waals surface area contributed by atoms with Crippen LogP contribution in [0.2, 0.25) is 0 Å². The van der Waals surface area contributed by atoms with Gasteiger partial charge in [0.05, 0.1) is 16.0 Å². The van der Waals surface area contributed by atoms with Gasteiger partial charge < -0.3 is 9.84 Å². The minimum atomic E-state index is -0.158. The van der Waals surface area contributed by atoms with Crippen molar-refractivity contribution < 1.29 is 14.6 Å². The molecule has 2 rings (SSSR count). The number of thioether (sulfide) groups is 1. The van der Waals surface area contributed by atoms with Crippen molar-refractivity contribution >= 4 is 72.1 Å². The van der Waals surface area contributed by atoms with Gasteiger partial charge in [0.2, 0.25) is 0 Å². The molecule has 1 heterocycles. The van der Waals surface area contributed by atoms with E-state index in [0.717, 1.165) is 0 Å². The van der Waals surface area contributed by atoms with Gasteiger partial charge >= 0.3 is 0 Å². The average Bonchev–Trinajstić information content (AvgIpc) is 2.78. The summed E-state index contributed by atoms with van der Waals surface area (Å²) in [4.78, 5) is 14.4. The van der Waals surface area contributed by atoms with Crippen molar-refractivity contribution in [3.05, 3.63) is 38.1 Å². The molecule has 0 saturated carbocycles.